The molecule has 21 heavy (non-hydrogen) atoms. The van der Waals surface area contributed by atoms with Crippen LogP contribution in [0.3, 0.4) is 0 Å². The summed E-state index contributed by atoms with van der Waals surface area (Å²) in [6.45, 7) is 6.71. The molecule has 3 nitrogen and oxygen atoms in total. The molecule has 2 unspecified atom stereocenters. The predicted molar refractivity (Wildman–Crippen MR) is 92.9 cm³/mol. The van der Waals surface area contributed by atoms with E-state index in [1.165, 1.54) is 48.1 Å². The first-order chi connectivity index (χ1) is 10.2. The third kappa shape index (κ3) is 3.27. The third-order valence-electron chi connectivity index (χ3n) is 4.94. The molecule has 2 aliphatic rings. The van der Waals surface area contributed by atoms with Crippen molar-refractivity contribution in [3.8, 4) is 0 Å². The smallest absolute Gasteiger partial charge is 0.0514 e. The highest BCUT2D eigenvalue weighted by Gasteiger charge is 2.33. The molecule has 3 rings (SSSR count). The summed E-state index contributed by atoms with van der Waals surface area (Å²) in [5, 5.41) is 0. The standard InChI is InChI=1S/C17H26BrN3/c1-13-11-20-9-3-2-4-15(20)12-21(13)17-6-5-14(7-8-19)10-16(17)18/h5-6,10,13,15H,2-4,7-9,11-12,19H2,1H3. The fraction of sp³-hybridized carbons (Fsp3) is 0.647. The first kappa shape index (κ1) is 15.3. The number of fused-ring (bicyclic) bond motifs is 1. The average molecular weight is 352 g/mol. The van der Waals surface area contributed by atoms with E-state index in [1.54, 1.807) is 0 Å². The lowest BCUT2D eigenvalue weighted by molar-refractivity contribution is 0.115. The monoisotopic (exact) mass is 351 g/mol. The molecule has 4 heteroatoms. The number of piperazine rings is 1. The molecule has 2 atom stereocenters. The maximum absolute atomic E-state index is 5.66. The summed E-state index contributed by atoms with van der Waals surface area (Å²) in [6.07, 6.45) is 5.07. The van der Waals surface area contributed by atoms with Gasteiger partial charge in [0.1, 0.15) is 0 Å². The molecule has 1 aromatic carbocycles. The molecule has 2 heterocycles. The number of benzene rings is 1. The van der Waals surface area contributed by atoms with Crippen LogP contribution >= 0.6 is 15.9 Å². The van der Waals surface area contributed by atoms with Gasteiger partial charge in [0, 0.05) is 29.6 Å². The highest BCUT2D eigenvalue weighted by atomic mass is 79.9. The van der Waals surface area contributed by atoms with E-state index in [2.05, 4.69) is 50.9 Å². The fourth-order valence-corrected chi connectivity index (χ4v) is 4.45. The summed E-state index contributed by atoms with van der Waals surface area (Å²) in [5.74, 6) is 0. The molecule has 0 spiro atoms. The second-order valence-electron chi connectivity index (χ2n) is 6.47. The van der Waals surface area contributed by atoms with E-state index < -0.39 is 0 Å². The Balaban J connectivity index is 1.79. The highest BCUT2D eigenvalue weighted by molar-refractivity contribution is 9.10. The Morgan fingerprint density at radius 3 is 2.90 bits per heavy atom. The van der Waals surface area contributed by atoms with Crippen molar-refractivity contribution in [2.45, 2.75) is 44.7 Å². The molecular formula is C17H26BrN3. The zero-order valence-electron chi connectivity index (χ0n) is 12.9. The van der Waals surface area contributed by atoms with Crippen LogP contribution < -0.4 is 10.6 Å². The van der Waals surface area contributed by atoms with Crippen LogP contribution in [0.5, 0.6) is 0 Å². The van der Waals surface area contributed by atoms with Crippen LogP contribution in [0.4, 0.5) is 5.69 Å². The van der Waals surface area contributed by atoms with E-state index in [9.17, 15) is 0 Å². The Hall–Kier alpha value is -0.580. The third-order valence-corrected chi connectivity index (χ3v) is 5.58. The number of hydrogen-bond donors (Lipinski definition) is 1. The molecule has 2 saturated heterocycles. The van der Waals surface area contributed by atoms with Gasteiger partial charge in [0.05, 0.1) is 5.69 Å². The van der Waals surface area contributed by atoms with Crippen molar-refractivity contribution in [2.24, 2.45) is 5.73 Å². The molecule has 2 N–H and O–H groups in total. The first-order valence-corrected chi connectivity index (χ1v) is 8.97. The van der Waals surface area contributed by atoms with Crippen molar-refractivity contribution >= 4 is 21.6 Å². The van der Waals surface area contributed by atoms with Crippen LogP contribution in [0.2, 0.25) is 0 Å². The minimum Gasteiger partial charge on any atom is -0.365 e. The largest absolute Gasteiger partial charge is 0.365 e. The summed E-state index contributed by atoms with van der Waals surface area (Å²) >= 11 is 3.77. The maximum atomic E-state index is 5.66. The van der Waals surface area contributed by atoms with Crippen molar-refractivity contribution in [3.63, 3.8) is 0 Å². The molecule has 0 aliphatic carbocycles. The van der Waals surface area contributed by atoms with Gasteiger partial charge in [-0.3, -0.25) is 4.90 Å². The van der Waals surface area contributed by atoms with E-state index in [-0.39, 0.29) is 0 Å². The van der Waals surface area contributed by atoms with Gasteiger partial charge in [-0.15, -0.1) is 0 Å². The van der Waals surface area contributed by atoms with Gasteiger partial charge in [0.25, 0.3) is 0 Å². The van der Waals surface area contributed by atoms with Gasteiger partial charge in [-0.1, -0.05) is 12.5 Å². The van der Waals surface area contributed by atoms with E-state index in [0.717, 1.165) is 19.0 Å². The molecule has 0 radical (unpaired) electrons. The molecular weight excluding hydrogens is 326 g/mol. The lowest BCUT2D eigenvalue weighted by atomic mass is 9.96. The van der Waals surface area contributed by atoms with E-state index in [1.807, 2.05) is 0 Å². The summed E-state index contributed by atoms with van der Waals surface area (Å²) in [5.41, 5.74) is 8.31. The number of halogens is 1. The van der Waals surface area contributed by atoms with Gasteiger partial charge in [-0.05, 0) is 72.9 Å². The molecule has 2 fully saturated rings. The average Bonchev–Trinajstić information content (AvgIpc) is 2.47. The quantitative estimate of drug-likeness (QED) is 0.908. The molecule has 116 valence electrons. The molecule has 2 aliphatic heterocycles. The van der Waals surface area contributed by atoms with Gasteiger partial charge in [-0.2, -0.15) is 0 Å². The molecule has 0 bridgehead atoms. The Morgan fingerprint density at radius 2 is 2.14 bits per heavy atom. The second kappa shape index (κ2) is 6.67. The number of anilines is 1. The van der Waals surface area contributed by atoms with Crippen molar-refractivity contribution in [3.05, 3.63) is 28.2 Å². The Morgan fingerprint density at radius 1 is 1.29 bits per heavy atom. The van der Waals surface area contributed by atoms with Crippen LogP contribution in [0, 0.1) is 0 Å². The van der Waals surface area contributed by atoms with E-state index in [0.29, 0.717) is 12.6 Å². The maximum Gasteiger partial charge on any atom is 0.0514 e. The highest BCUT2D eigenvalue weighted by Crippen LogP contribution is 2.33. The van der Waals surface area contributed by atoms with Crippen LogP contribution in [-0.2, 0) is 6.42 Å². The minimum atomic E-state index is 0.580. The van der Waals surface area contributed by atoms with Crippen LogP contribution in [-0.4, -0.2) is 43.2 Å². The lowest BCUT2D eigenvalue weighted by Crippen LogP contribution is -2.58. The molecule has 1 aromatic rings. The number of nitrogens with zero attached hydrogens (tertiary/aromatic N) is 2. The number of rotatable bonds is 3. The molecule has 0 amide bonds. The van der Waals surface area contributed by atoms with E-state index in [4.69, 9.17) is 5.73 Å². The zero-order chi connectivity index (χ0) is 14.8. The minimum absolute atomic E-state index is 0.580. The van der Waals surface area contributed by atoms with Gasteiger partial charge in [0.2, 0.25) is 0 Å². The van der Waals surface area contributed by atoms with Gasteiger partial charge in [-0.25, -0.2) is 0 Å². The fourth-order valence-electron chi connectivity index (χ4n) is 3.79. The Bertz CT molecular complexity index is 491. The van der Waals surface area contributed by atoms with Crippen molar-refractivity contribution in [1.82, 2.24) is 4.90 Å². The van der Waals surface area contributed by atoms with Crippen LogP contribution in [0.25, 0.3) is 0 Å². The predicted octanol–water partition coefficient (Wildman–Crippen LogP) is 3.01. The number of piperidine rings is 1. The summed E-state index contributed by atoms with van der Waals surface area (Å²) in [7, 11) is 0. The van der Waals surface area contributed by atoms with Crippen LogP contribution in [0.15, 0.2) is 22.7 Å². The summed E-state index contributed by atoms with van der Waals surface area (Å²) < 4.78 is 1.21. The zero-order valence-corrected chi connectivity index (χ0v) is 14.5. The van der Waals surface area contributed by atoms with Crippen molar-refractivity contribution in [1.29, 1.82) is 0 Å². The van der Waals surface area contributed by atoms with Gasteiger partial charge < -0.3 is 10.6 Å². The lowest BCUT2D eigenvalue weighted by Gasteiger charge is -2.48. The SMILES string of the molecule is CC1CN2CCCCC2CN1c1ccc(CCN)cc1Br. The normalized spacial score (nSPS) is 26.7. The topological polar surface area (TPSA) is 32.5 Å². The molecule has 0 aromatic heterocycles. The van der Waals surface area contributed by atoms with E-state index >= 15 is 0 Å². The first-order valence-electron chi connectivity index (χ1n) is 8.18. The number of nitrogens with two attached hydrogens (primary N) is 1. The van der Waals surface area contributed by atoms with Crippen molar-refractivity contribution in [2.75, 3.05) is 31.1 Å². The number of hydrogen-bond acceptors (Lipinski definition) is 3. The van der Waals surface area contributed by atoms with Gasteiger partial charge >= 0.3 is 0 Å². The summed E-state index contributed by atoms with van der Waals surface area (Å²) in [6, 6.07) is 8.06. The Kier molecular flexibility index (Phi) is 4.87. The second-order valence-corrected chi connectivity index (χ2v) is 7.32. The van der Waals surface area contributed by atoms with Crippen LogP contribution in [0.1, 0.15) is 31.7 Å². The summed E-state index contributed by atoms with van der Waals surface area (Å²) in [4.78, 5) is 5.28. The van der Waals surface area contributed by atoms with Crippen molar-refractivity contribution < 1.29 is 0 Å². The molecule has 0 saturated carbocycles. The van der Waals surface area contributed by atoms with Gasteiger partial charge in [0.15, 0.2) is 0 Å². The Labute approximate surface area is 136 Å².